The van der Waals surface area contributed by atoms with Gasteiger partial charge in [-0.1, -0.05) is 132 Å². The van der Waals surface area contributed by atoms with Crippen LogP contribution in [0, 0.1) is 47.3 Å². The highest BCUT2D eigenvalue weighted by Crippen LogP contribution is 2.41. The first-order valence-corrected chi connectivity index (χ1v) is 41.3. The zero-order chi connectivity index (χ0) is 61.0. The molecule has 0 aromatic carbocycles. The Kier molecular flexibility index (Phi) is 24.2. The second kappa shape index (κ2) is 29.9. The molecule has 9 aliphatic rings. The lowest BCUT2D eigenvalue weighted by Gasteiger charge is -2.40. The van der Waals surface area contributed by atoms with E-state index in [2.05, 4.69) is 126 Å². The van der Waals surface area contributed by atoms with Gasteiger partial charge in [-0.05, 0) is 82.1 Å². The monoisotopic (exact) mass is 1270 g/mol. The summed E-state index contributed by atoms with van der Waals surface area (Å²) in [7, 11) is -11.8. The van der Waals surface area contributed by atoms with Crippen molar-refractivity contribution < 1.29 is 33.7 Å². The SMILES string of the molecule is CCCCC(CC)CS(=O)(=O)C1CNC2C3NC(NC4NC(NC5C6NCC(S(=O)(=O)CC(CC)CCCC)CC6C(NC6NC(N3)C3CC(S(=O)(=O)CC(CC)CCCC)CNC63)N5C)C3CC(S(=O)(=O)CC(CC)CCCC)CNC43)C2C1. The molecule has 0 aromatic heterocycles. The number of fused-ring (bicyclic) bond motifs is 20. The smallest absolute Gasteiger partial charge is 0.154 e. The minimum atomic E-state index is -3.49. The number of nitrogens with zero attached hydrogens (tertiary/aromatic N) is 1. The van der Waals surface area contributed by atoms with E-state index in [0.29, 0.717) is 51.9 Å². The molecule has 9 rings (SSSR count). The lowest BCUT2D eigenvalue weighted by molar-refractivity contribution is 0.123. The van der Waals surface area contributed by atoms with Crippen molar-refractivity contribution in [3.05, 3.63) is 0 Å². The number of hydrogen-bond acceptors (Lipinski definition) is 20. The Labute approximate surface area is 515 Å². The molecule has 8 bridgehead atoms. The summed E-state index contributed by atoms with van der Waals surface area (Å²) in [5, 5.41) is 41.3. The summed E-state index contributed by atoms with van der Waals surface area (Å²) in [6.45, 7) is 18.4. The van der Waals surface area contributed by atoms with Crippen molar-refractivity contribution in [2.24, 2.45) is 47.3 Å². The van der Waals surface area contributed by atoms with Crippen LogP contribution in [-0.2, 0) is 39.3 Å². The number of nitrogens with one attached hydrogen (secondary N) is 11. The minimum absolute atomic E-state index is 0.106. The molecular formula is C61H118N12O8S4. The summed E-state index contributed by atoms with van der Waals surface area (Å²) in [5.74, 6) is 0.496. The zero-order valence-corrected chi connectivity index (χ0v) is 56.8. The first kappa shape index (κ1) is 68.7. The quantitative estimate of drug-likeness (QED) is 0.0534. The molecule has 85 heavy (non-hydrogen) atoms. The zero-order valence-electron chi connectivity index (χ0n) is 53.5. The minimum Gasteiger partial charge on any atom is -0.310 e. The summed E-state index contributed by atoms with van der Waals surface area (Å²) in [6.07, 6.45) is 14.1. The van der Waals surface area contributed by atoms with Crippen molar-refractivity contribution in [1.82, 2.24) is 63.4 Å². The van der Waals surface area contributed by atoms with Crippen LogP contribution in [0.4, 0.5) is 0 Å². The molecule has 9 fully saturated rings. The lowest BCUT2D eigenvalue weighted by Crippen LogP contribution is -2.63. The second-order valence-corrected chi connectivity index (χ2v) is 37.7. The standard InChI is InChI=1S/C61H118N12O8S4/c1-10-18-22-38(14-5)34-82(74,75)42-26-46-50(62-30-42)57-66-54(46)67-58-51-48(28-44(31-63-51)84(78,79)36-40(16-7)24-20-12-3)56(70-58)71-61-53-49(29-45(33-65-53)85(80,81)37-41(17-8)25-21-13-4)60(73(61)9)72-59-52-47(55(68-57)69-59)27-43(32-64-52)83(76,77)35-39(15-6)23-19-11-2/h38-72H,10-37H2,1-9H3. The van der Waals surface area contributed by atoms with E-state index in [1.54, 1.807) is 0 Å². The highest BCUT2D eigenvalue weighted by molar-refractivity contribution is 7.92. The molecule has 9 heterocycles. The molecule has 24 heteroatoms. The topological polar surface area (TPSA) is 272 Å². The second-order valence-electron chi connectivity index (χ2n) is 28.4. The molecule has 24 atom stereocenters. The van der Waals surface area contributed by atoms with E-state index < -0.39 is 60.3 Å². The molecule has 11 N–H and O–H groups in total. The summed E-state index contributed by atoms with van der Waals surface area (Å²) < 4.78 is 117. The molecule has 9 saturated heterocycles. The number of rotatable bonds is 28. The third-order valence-corrected chi connectivity index (χ3v) is 32.1. The molecular weight excluding hydrogens is 1160 g/mol. The number of piperidine rings is 4. The summed E-state index contributed by atoms with van der Waals surface area (Å²) in [4.78, 5) is 2.34. The van der Waals surface area contributed by atoms with Gasteiger partial charge in [-0.2, -0.15) is 0 Å². The fourth-order valence-electron chi connectivity index (χ4n) is 17.3. The lowest BCUT2D eigenvalue weighted by atomic mass is 9.87. The van der Waals surface area contributed by atoms with Crippen molar-refractivity contribution >= 4 is 39.3 Å². The largest absolute Gasteiger partial charge is 0.310 e. The Hall–Kier alpha value is -0.680. The van der Waals surface area contributed by atoms with Crippen LogP contribution in [0.15, 0.2) is 0 Å². The van der Waals surface area contributed by atoms with Crippen molar-refractivity contribution in [3.8, 4) is 0 Å². The van der Waals surface area contributed by atoms with Gasteiger partial charge in [0.2, 0.25) is 0 Å². The van der Waals surface area contributed by atoms with Gasteiger partial charge in [0.1, 0.15) is 0 Å². The Morgan fingerprint density at radius 1 is 0.341 bits per heavy atom. The highest BCUT2D eigenvalue weighted by Gasteiger charge is 2.59. The maximum absolute atomic E-state index is 14.7. The van der Waals surface area contributed by atoms with E-state index in [4.69, 9.17) is 0 Å². The van der Waals surface area contributed by atoms with Gasteiger partial charge in [0, 0.05) is 74.0 Å². The van der Waals surface area contributed by atoms with Gasteiger partial charge >= 0.3 is 0 Å². The maximum atomic E-state index is 14.7. The Morgan fingerprint density at radius 2 is 0.600 bits per heavy atom. The van der Waals surface area contributed by atoms with Crippen LogP contribution in [-0.4, -0.2) is 189 Å². The normalized spacial score (nSPS) is 39.5. The summed E-state index contributed by atoms with van der Waals surface area (Å²) in [5.41, 5.74) is 0. The number of hydrogen-bond donors (Lipinski definition) is 11. The van der Waals surface area contributed by atoms with E-state index in [1.165, 1.54) is 0 Å². The number of unbranched alkanes of at least 4 members (excludes halogenated alkanes) is 4. The molecule has 0 amide bonds. The predicted octanol–water partition coefficient (Wildman–Crippen LogP) is 3.63. The van der Waals surface area contributed by atoms with Crippen LogP contribution in [0.1, 0.15) is 184 Å². The van der Waals surface area contributed by atoms with Crippen molar-refractivity contribution in [1.29, 1.82) is 0 Å². The van der Waals surface area contributed by atoms with E-state index in [0.717, 1.165) is 103 Å². The van der Waals surface area contributed by atoms with Gasteiger partial charge in [0.05, 0.1) is 93.3 Å². The molecule has 0 aromatic rings. The van der Waals surface area contributed by atoms with Crippen molar-refractivity contribution in [2.75, 3.05) is 56.2 Å². The van der Waals surface area contributed by atoms with Crippen LogP contribution >= 0.6 is 0 Å². The fourth-order valence-corrected chi connectivity index (χ4v) is 26.1. The first-order valence-electron chi connectivity index (χ1n) is 34.5. The third-order valence-electron chi connectivity index (χ3n) is 22.9. The predicted molar refractivity (Wildman–Crippen MR) is 343 cm³/mol. The molecule has 24 unspecified atom stereocenters. The van der Waals surface area contributed by atoms with Gasteiger partial charge in [-0.15, -0.1) is 0 Å². The van der Waals surface area contributed by atoms with Crippen LogP contribution < -0.4 is 58.5 Å². The molecule has 0 spiro atoms. The maximum Gasteiger partial charge on any atom is 0.154 e. The molecule has 0 aliphatic carbocycles. The van der Waals surface area contributed by atoms with Crippen LogP contribution in [0.3, 0.4) is 0 Å². The van der Waals surface area contributed by atoms with Gasteiger partial charge in [-0.3, -0.25) is 42.1 Å². The molecule has 20 nitrogen and oxygen atoms in total. The van der Waals surface area contributed by atoms with Crippen molar-refractivity contribution in [3.63, 3.8) is 0 Å². The van der Waals surface area contributed by atoms with E-state index in [-0.39, 0.29) is 144 Å². The van der Waals surface area contributed by atoms with E-state index in [9.17, 15) is 33.7 Å². The van der Waals surface area contributed by atoms with Crippen molar-refractivity contribution in [2.45, 2.75) is 278 Å². The Morgan fingerprint density at radius 3 is 0.894 bits per heavy atom. The average molecular weight is 1280 g/mol. The van der Waals surface area contributed by atoms with E-state index >= 15 is 0 Å². The van der Waals surface area contributed by atoms with Crippen LogP contribution in [0.5, 0.6) is 0 Å². The Bertz CT molecular complexity index is 2590. The number of sulfone groups is 4. The molecule has 0 radical (unpaired) electrons. The molecule has 494 valence electrons. The van der Waals surface area contributed by atoms with E-state index in [1.807, 2.05) is 0 Å². The average Bonchev–Trinajstić information content (AvgIpc) is 2.42. The van der Waals surface area contributed by atoms with Gasteiger partial charge < -0.3 is 21.3 Å². The Balaban J connectivity index is 1.07. The van der Waals surface area contributed by atoms with Crippen LogP contribution in [0.25, 0.3) is 0 Å². The first-order chi connectivity index (χ1) is 40.6. The summed E-state index contributed by atoms with van der Waals surface area (Å²) in [6, 6.07) is -0.714. The molecule has 9 aliphatic heterocycles. The third kappa shape index (κ3) is 15.7. The van der Waals surface area contributed by atoms with Crippen LogP contribution in [0.2, 0.25) is 0 Å². The number of likely N-dealkylation sites (N-methyl/N-ethyl adjacent to an activating group) is 1. The summed E-state index contributed by atoms with van der Waals surface area (Å²) >= 11 is 0. The van der Waals surface area contributed by atoms with Gasteiger partial charge in [0.25, 0.3) is 0 Å². The molecule has 0 saturated carbocycles. The van der Waals surface area contributed by atoms with Gasteiger partial charge in [0.15, 0.2) is 39.3 Å². The fraction of sp³-hybridized carbons (Fsp3) is 1.00. The van der Waals surface area contributed by atoms with Gasteiger partial charge in [-0.25, -0.2) is 33.7 Å². The highest BCUT2D eigenvalue weighted by atomic mass is 32.2.